The van der Waals surface area contributed by atoms with Crippen LogP contribution in [-0.2, 0) is 27.0 Å². The minimum Gasteiger partial charge on any atom is -0.466 e. The van der Waals surface area contributed by atoms with E-state index in [1.54, 1.807) is 25.1 Å². The van der Waals surface area contributed by atoms with Gasteiger partial charge in [0.2, 0.25) is 0 Å². The highest BCUT2D eigenvalue weighted by molar-refractivity contribution is 7.79. The fourth-order valence-corrected chi connectivity index (χ4v) is 1.75. The molecule has 0 amide bonds. The predicted molar refractivity (Wildman–Crippen MR) is 55.8 cm³/mol. The van der Waals surface area contributed by atoms with Crippen LogP contribution in [0.3, 0.4) is 0 Å². The Morgan fingerprint density at radius 2 is 2.13 bits per heavy atom. The van der Waals surface area contributed by atoms with Gasteiger partial charge in [0.1, 0.15) is 0 Å². The van der Waals surface area contributed by atoms with Gasteiger partial charge in [-0.3, -0.25) is 4.79 Å². The number of hydrogen-bond acceptors (Lipinski definition) is 3. The second kappa shape index (κ2) is 5.63. The fourth-order valence-electron chi connectivity index (χ4n) is 1.19. The molecule has 0 fully saturated rings. The van der Waals surface area contributed by atoms with Crippen LogP contribution in [-0.4, -0.2) is 21.3 Å². The normalized spacial score (nSPS) is 12.1. The van der Waals surface area contributed by atoms with Crippen LogP contribution in [0.5, 0.6) is 0 Å². The first-order valence-corrected chi connectivity index (χ1v) is 5.60. The van der Waals surface area contributed by atoms with Crippen LogP contribution in [0.25, 0.3) is 0 Å². The highest BCUT2D eigenvalue weighted by atomic mass is 32.2. The van der Waals surface area contributed by atoms with Gasteiger partial charge in [0, 0.05) is 0 Å². The SMILES string of the molecule is CCOC(=O)Cc1ccccc1S(=O)O. The van der Waals surface area contributed by atoms with Gasteiger partial charge in [0.15, 0.2) is 11.1 Å². The first kappa shape index (κ1) is 11.9. The molecular weight excluding hydrogens is 216 g/mol. The average molecular weight is 228 g/mol. The number of benzene rings is 1. The zero-order valence-electron chi connectivity index (χ0n) is 8.30. The van der Waals surface area contributed by atoms with Crippen LogP contribution in [0.2, 0.25) is 0 Å². The molecule has 5 heteroatoms. The van der Waals surface area contributed by atoms with Crippen LogP contribution in [0.1, 0.15) is 12.5 Å². The molecule has 1 atom stereocenters. The van der Waals surface area contributed by atoms with Gasteiger partial charge in [-0.15, -0.1) is 0 Å². The summed E-state index contributed by atoms with van der Waals surface area (Å²) >= 11 is -2.07. The van der Waals surface area contributed by atoms with Crippen molar-refractivity contribution in [3.63, 3.8) is 0 Å². The zero-order valence-corrected chi connectivity index (χ0v) is 9.12. The summed E-state index contributed by atoms with van der Waals surface area (Å²) in [5, 5.41) is 0. The van der Waals surface area contributed by atoms with E-state index >= 15 is 0 Å². The quantitative estimate of drug-likeness (QED) is 0.624. The zero-order chi connectivity index (χ0) is 11.3. The van der Waals surface area contributed by atoms with Gasteiger partial charge in [0.25, 0.3) is 0 Å². The van der Waals surface area contributed by atoms with Crippen LogP contribution < -0.4 is 0 Å². The molecule has 82 valence electrons. The summed E-state index contributed by atoms with van der Waals surface area (Å²) in [6.07, 6.45) is 0.0241. The summed E-state index contributed by atoms with van der Waals surface area (Å²) in [6.45, 7) is 2.03. The lowest BCUT2D eigenvalue weighted by molar-refractivity contribution is -0.142. The molecule has 0 heterocycles. The highest BCUT2D eigenvalue weighted by Gasteiger charge is 2.11. The first-order chi connectivity index (χ1) is 7.15. The smallest absolute Gasteiger partial charge is 0.310 e. The lowest BCUT2D eigenvalue weighted by Crippen LogP contribution is -2.09. The molecule has 1 rings (SSSR count). The summed E-state index contributed by atoms with van der Waals surface area (Å²) in [6, 6.07) is 6.52. The van der Waals surface area contributed by atoms with E-state index in [0.29, 0.717) is 12.2 Å². The van der Waals surface area contributed by atoms with Gasteiger partial charge < -0.3 is 9.29 Å². The van der Waals surface area contributed by atoms with Crippen LogP contribution in [0, 0.1) is 0 Å². The number of rotatable bonds is 4. The molecule has 0 saturated heterocycles. The number of carbonyl (C=O) groups excluding carboxylic acids is 1. The number of ether oxygens (including phenoxy) is 1. The van der Waals surface area contributed by atoms with Crippen LogP contribution in [0.15, 0.2) is 29.2 Å². The van der Waals surface area contributed by atoms with Gasteiger partial charge in [-0.25, -0.2) is 4.21 Å². The Morgan fingerprint density at radius 3 is 2.73 bits per heavy atom. The van der Waals surface area contributed by atoms with Crippen molar-refractivity contribution in [2.24, 2.45) is 0 Å². The third kappa shape index (κ3) is 3.45. The maximum absolute atomic E-state index is 11.2. The topological polar surface area (TPSA) is 63.6 Å². The molecule has 1 aromatic rings. The summed E-state index contributed by atoms with van der Waals surface area (Å²) in [4.78, 5) is 11.4. The van der Waals surface area contributed by atoms with Crippen molar-refractivity contribution in [3.8, 4) is 0 Å². The second-order valence-electron chi connectivity index (χ2n) is 2.84. The number of esters is 1. The van der Waals surface area contributed by atoms with E-state index in [9.17, 15) is 9.00 Å². The Hall–Kier alpha value is -1.20. The lowest BCUT2D eigenvalue weighted by Gasteiger charge is -2.05. The standard InChI is InChI=1S/C10H12O4S/c1-2-14-10(11)7-8-5-3-4-6-9(8)15(12)13/h3-6H,2,7H2,1H3,(H,12,13). The molecule has 0 bridgehead atoms. The van der Waals surface area contributed by atoms with Gasteiger partial charge >= 0.3 is 5.97 Å². The molecule has 0 saturated carbocycles. The lowest BCUT2D eigenvalue weighted by atomic mass is 10.1. The molecule has 0 aliphatic heterocycles. The molecule has 4 nitrogen and oxygen atoms in total. The Balaban J connectivity index is 2.84. The van der Waals surface area contributed by atoms with E-state index in [0.717, 1.165) is 0 Å². The molecule has 1 N–H and O–H groups in total. The molecule has 0 aliphatic rings. The molecule has 0 spiro atoms. The molecule has 1 unspecified atom stereocenters. The maximum Gasteiger partial charge on any atom is 0.310 e. The van der Waals surface area contributed by atoms with Gasteiger partial charge in [-0.1, -0.05) is 18.2 Å². The number of hydrogen-bond donors (Lipinski definition) is 1. The molecular formula is C10H12O4S. The summed E-state index contributed by atoms with van der Waals surface area (Å²) in [5.41, 5.74) is 0.525. The third-order valence-corrected chi connectivity index (χ3v) is 2.58. The summed E-state index contributed by atoms with van der Waals surface area (Å²) < 4.78 is 24.6. The van der Waals surface area contributed by atoms with Crippen molar-refractivity contribution in [2.45, 2.75) is 18.2 Å². The van der Waals surface area contributed by atoms with Crippen molar-refractivity contribution in [1.82, 2.24) is 0 Å². The van der Waals surface area contributed by atoms with Crippen molar-refractivity contribution in [2.75, 3.05) is 6.61 Å². The van der Waals surface area contributed by atoms with E-state index in [1.165, 1.54) is 6.07 Å². The highest BCUT2D eigenvalue weighted by Crippen LogP contribution is 2.13. The Bertz CT molecular complexity index is 375. The minimum absolute atomic E-state index is 0.0241. The Morgan fingerprint density at radius 1 is 1.47 bits per heavy atom. The van der Waals surface area contributed by atoms with Crippen molar-refractivity contribution >= 4 is 17.0 Å². The number of carbonyl (C=O) groups is 1. The van der Waals surface area contributed by atoms with Crippen molar-refractivity contribution in [3.05, 3.63) is 29.8 Å². The second-order valence-corrected chi connectivity index (χ2v) is 3.78. The van der Waals surface area contributed by atoms with E-state index in [1.807, 2.05) is 0 Å². The summed E-state index contributed by atoms with van der Waals surface area (Å²) in [5.74, 6) is -0.393. The van der Waals surface area contributed by atoms with Crippen molar-refractivity contribution < 1.29 is 18.3 Å². The predicted octanol–water partition coefficient (Wildman–Crippen LogP) is 1.37. The fraction of sp³-hybridized carbons (Fsp3) is 0.300. The van der Waals surface area contributed by atoms with E-state index in [-0.39, 0.29) is 11.3 Å². The third-order valence-electron chi connectivity index (χ3n) is 1.80. The van der Waals surface area contributed by atoms with Gasteiger partial charge in [-0.05, 0) is 18.6 Å². The maximum atomic E-state index is 11.2. The largest absolute Gasteiger partial charge is 0.466 e. The molecule has 1 aromatic carbocycles. The van der Waals surface area contributed by atoms with E-state index in [2.05, 4.69) is 0 Å². The van der Waals surface area contributed by atoms with Crippen LogP contribution >= 0.6 is 0 Å². The average Bonchev–Trinajstić information content (AvgIpc) is 2.18. The summed E-state index contributed by atoms with van der Waals surface area (Å²) in [7, 11) is 0. The Labute approximate surface area is 90.5 Å². The molecule has 0 aromatic heterocycles. The van der Waals surface area contributed by atoms with Crippen molar-refractivity contribution in [1.29, 1.82) is 0 Å². The van der Waals surface area contributed by atoms with Crippen LogP contribution in [0.4, 0.5) is 0 Å². The molecule has 15 heavy (non-hydrogen) atoms. The minimum atomic E-state index is -2.07. The van der Waals surface area contributed by atoms with E-state index < -0.39 is 17.0 Å². The van der Waals surface area contributed by atoms with E-state index in [4.69, 9.17) is 9.29 Å². The molecule has 0 radical (unpaired) electrons. The monoisotopic (exact) mass is 228 g/mol. The van der Waals surface area contributed by atoms with Gasteiger partial charge in [-0.2, -0.15) is 0 Å². The van der Waals surface area contributed by atoms with Gasteiger partial charge in [0.05, 0.1) is 17.9 Å². The molecule has 0 aliphatic carbocycles. The Kier molecular flexibility index (Phi) is 4.45. The first-order valence-electron chi connectivity index (χ1n) is 4.49.